The third-order valence-electron chi connectivity index (χ3n) is 7.67. The number of carbonyl (C=O) groups is 2. The van der Waals surface area contributed by atoms with E-state index in [1.165, 1.54) is 12.1 Å². The highest BCUT2D eigenvalue weighted by molar-refractivity contribution is 5.94. The van der Waals surface area contributed by atoms with Crippen LogP contribution in [0.5, 0.6) is 5.75 Å². The van der Waals surface area contributed by atoms with Crippen molar-refractivity contribution in [2.24, 2.45) is 0 Å². The number of hydrogen-bond donors (Lipinski definition) is 2. The lowest BCUT2D eigenvalue weighted by molar-refractivity contribution is -0.137. The monoisotopic (exact) mass is 541 g/mol. The molecule has 0 aromatic heterocycles. The van der Waals surface area contributed by atoms with Crippen molar-refractivity contribution in [1.29, 1.82) is 0 Å². The summed E-state index contributed by atoms with van der Waals surface area (Å²) in [6, 6.07) is 11.5. The zero-order valence-electron chi connectivity index (χ0n) is 22.0. The molecule has 2 aromatic carbocycles. The molecule has 0 saturated carbocycles. The SMILES string of the molecule is CC#C[C@@H](CC(=O)N1CCC(N2CCC(NC(=O)c3ccc(C(F)(F)F)cc3)CC2)CC1)c1ccc(O)cc1. The molecule has 2 aliphatic rings. The van der Waals surface area contributed by atoms with Gasteiger partial charge in [0.25, 0.3) is 5.91 Å². The van der Waals surface area contributed by atoms with Gasteiger partial charge in [-0.3, -0.25) is 9.59 Å². The van der Waals surface area contributed by atoms with E-state index >= 15 is 0 Å². The molecular weight excluding hydrogens is 507 g/mol. The van der Waals surface area contributed by atoms with Gasteiger partial charge in [0.05, 0.1) is 11.5 Å². The van der Waals surface area contributed by atoms with Crippen LogP contribution in [0, 0.1) is 11.8 Å². The first-order valence-electron chi connectivity index (χ1n) is 13.3. The van der Waals surface area contributed by atoms with Gasteiger partial charge in [-0.25, -0.2) is 0 Å². The highest BCUT2D eigenvalue weighted by Gasteiger charge is 2.32. The summed E-state index contributed by atoms with van der Waals surface area (Å²) < 4.78 is 38.3. The Bertz CT molecular complexity index is 1190. The number of carbonyl (C=O) groups excluding carboxylic acids is 2. The lowest BCUT2D eigenvalue weighted by Crippen LogP contribution is -2.51. The van der Waals surface area contributed by atoms with Gasteiger partial charge in [-0.15, -0.1) is 5.92 Å². The molecule has 2 saturated heterocycles. The van der Waals surface area contributed by atoms with Crippen LogP contribution in [0.1, 0.15) is 66.4 Å². The Kier molecular flexibility index (Phi) is 9.18. The van der Waals surface area contributed by atoms with Gasteiger partial charge >= 0.3 is 6.18 Å². The van der Waals surface area contributed by atoms with E-state index in [9.17, 15) is 27.9 Å². The van der Waals surface area contributed by atoms with Crippen molar-refractivity contribution in [2.45, 2.75) is 63.2 Å². The van der Waals surface area contributed by atoms with E-state index in [2.05, 4.69) is 22.1 Å². The van der Waals surface area contributed by atoms with Crippen LogP contribution in [0.3, 0.4) is 0 Å². The van der Waals surface area contributed by atoms with Gasteiger partial charge in [0.15, 0.2) is 0 Å². The summed E-state index contributed by atoms with van der Waals surface area (Å²) in [5, 5.41) is 12.5. The minimum absolute atomic E-state index is 0.0192. The second-order valence-corrected chi connectivity index (χ2v) is 10.2. The Morgan fingerprint density at radius 3 is 2.15 bits per heavy atom. The average Bonchev–Trinajstić information content (AvgIpc) is 2.93. The van der Waals surface area contributed by atoms with Gasteiger partial charge in [-0.05, 0) is 74.6 Å². The molecular formula is C30H34F3N3O3. The van der Waals surface area contributed by atoms with Crippen LogP contribution in [-0.2, 0) is 11.0 Å². The molecule has 208 valence electrons. The van der Waals surface area contributed by atoms with Crippen molar-refractivity contribution in [2.75, 3.05) is 26.2 Å². The number of rotatable bonds is 6. The number of phenolic OH excluding ortho intramolecular Hbond substituents is 1. The Morgan fingerprint density at radius 2 is 1.59 bits per heavy atom. The maximum Gasteiger partial charge on any atom is 0.416 e. The molecule has 0 aliphatic carbocycles. The molecule has 2 heterocycles. The van der Waals surface area contributed by atoms with Crippen LogP contribution in [0.15, 0.2) is 48.5 Å². The summed E-state index contributed by atoms with van der Waals surface area (Å²) in [6.07, 6.45) is -0.800. The van der Waals surface area contributed by atoms with Gasteiger partial charge in [0, 0.05) is 50.2 Å². The molecule has 2 aliphatic heterocycles. The standard InChI is InChI=1S/C30H34F3N3O3/c1-2-3-23(21-6-10-27(37)11-7-21)20-28(38)36-18-14-26(15-19-36)35-16-12-25(13-17-35)34-29(39)22-4-8-24(9-5-22)30(31,32)33/h4-11,23,25-26,37H,12-20H2,1H3,(H,34,39)/t23-/m0/s1. The number of aromatic hydroxyl groups is 1. The van der Waals surface area contributed by atoms with Gasteiger partial charge in [-0.2, -0.15) is 13.2 Å². The number of nitrogens with one attached hydrogen (secondary N) is 1. The van der Waals surface area contributed by atoms with Gasteiger partial charge in [0.1, 0.15) is 5.75 Å². The molecule has 9 heteroatoms. The van der Waals surface area contributed by atoms with Crippen LogP contribution < -0.4 is 5.32 Å². The molecule has 2 N–H and O–H groups in total. The molecule has 0 unspecified atom stereocenters. The highest BCUT2D eigenvalue weighted by Crippen LogP contribution is 2.29. The van der Waals surface area contributed by atoms with Crippen LogP contribution >= 0.6 is 0 Å². The van der Waals surface area contributed by atoms with E-state index in [-0.39, 0.29) is 35.1 Å². The quantitative estimate of drug-likeness (QED) is 0.516. The zero-order valence-corrected chi connectivity index (χ0v) is 22.0. The smallest absolute Gasteiger partial charge is 0.416 e. The summed E-state index contributed by atoms with van der Waals surface area (Å²) in [6.45, 7) is 4.79. The Balaban J connectivity index is 1.21. The minimum atomic E-state index is -4.43. The topological polar surface area (TPSA) is 72.9 Å². The predicted octanol–water partition coefficient (Wildman–Crippen LogP) is 4.79. The molecule has 2 amide bonds. The van der Waals surface area contributed by atoms with E-state index in [1.807, 2.05) is 4.90 Å². The van der Waals surface area contributed by atoms with E-state index in [4.69, 9.17) is 0 Å². The summed E-state index contributed by atoms with van der Waals surface area (Å²) in [5.74, 6) is 5.74. The average molecular weight is 542 g/mol. The number of halogens is 3. The Labute approximate surface area is 227 Å². The first-order valence-corrected chi connectivity index (χ1v) is 13.3. The van der Waals surface area contributed by atoms with E-state index in [0.717, 1.165) is 56.5 Å². The normalized spacial score (nSPS) is 18.2. The third kappa shape index (κ3) is 7.54. The number of likely N-dealkylation sites (tertiary alicyclic amines) is 2. The summed E-state index contributed by atoms with van der Waals surface area (Å²) in [4.78, 5) is 29.9. The van der Waals surface area contributed by atoms with Crippen LogP contribution in [0.4, 0.5) is 13.2 Å². The second-order valence-electron chi connectivity index (χ2n) is 10.2. The molecule has 2 fully saturated rings. The molecule has 1 atom stereocenters. The zero-order chi connectivity index (χ0) is 28.0. The lowest BCUT2D eigenvalue weighted by Gasteiger charge is -2.42. The molecule has 39 heavy (non-hydrogen) atoms. The minimum Gasteiger partial charge on any atom is -0.508 e. The number of benzene rings is 2. The number of phenols is 1. The number of amides is 2. The third-order valence-corrected chi connectivity index (χ3v) is 7.67. The number of alkyl halides is 3. The lowest BCUT2D eigenvalue weighted by atomic mass is 9.94. The fourth-order valence-corrected chi connectivity index (χ4v) is 5.41. The van der Waals surface area contributed by atoms with Crippen LogP contribution in [-0.4, -0.2) is 65.0 Å². The first kappa shape index (κ1) is 28.5. The van der Waals surface area contributed by atoms with E-state index in [1.54, 1.807) is 31.2 Å². The van der Waals surface area contributed by atoms with Crippen molar-refractivity contribution in [3.8, 4) is 17.6 Å². The maximum atomic E-state index is 13.0. The highest BCUT2D eigenvalue weighted by atomic mass is 19.4. The summed E-state index contributed by atoms with van der Waals surface area (Å²) in [7, 11) is 0. The first-order chi connectivity index (χ1) is 18.6. The molecule has 6 nitrogen and oxygen atoms in total. The van der Waals surface area contributed by atoms with Gasteiger partial charge in [0.2, 0.25) is 5.91 Å². The number of hydrogen-bond acceptors (Lipinski definition) is 4. The van der Waals surface area contributed by atoms with Gasteiger partial charge < -0.3 is 20.2 Å². The van der Waals surface area contributed by atoms with E-state index < -0.39 is 11.7 Å². The summed E-state index contributed by atoms with van der Waals surface area (Å²) >= 11 is 0. The van der Waals surface area contributed by atoms with E-state index in [0.29, 0.717) is 25.6 Å². The van der Waals surface area contributed by atoms with Crippen LogP contribution in [0.25, 0.3) is 0 Å². The Morgan fingerprint density at radius 1 is 0.974 bits per heavy atom. The van der Waals surface area contributed by atoms with Crippen molar-refractivity contribution >= 4 is 11.8 Å². The maximum absolute atomic E-state index is 13.0. The van der Waals surface area contributed by atoms with Crippen molar-refractivity contribution in [3.05, 3.63) is 65.2 Å². The molecule has 4 rings (SSSR count). The van der Waals surface area contributed by atoms with Crippen molar-refractivity contribution < 1.29 is 27.9 Å². The molecule has 0 bridgehead atoms. The summed E-state index contributed by atoms with van der Waals surface area (Å²) in [5.41, 5.74) is 0.366. The molecule has 0 radical (unpaired) electrons. The van der Waals surface area contributed by atoms with Crippen molar-refractivity contribution in [1.82, 2.24) is 15.1 Å². The Hall–Kier alpha value is -3.51. The number of nitrogens with zero attached hydrogens (tertiary/aromatic N) is 2. The molecule has 0 spiro atoms. The number of piperidine rings is 2. The van der Waals surface area contributed by atoms with Gasteiger partial charge in [-0.1, -0.05) is 18.1 Å². The predicted molar refractivity (Wildman–Crippen MR) is 142 cm³/mol. The van der Waals surface area contributed by atoms with Crippen LogP contribution in [0.2, 0.25) is 0 Å². The molecule has 2 aromatic rings. The van der Waals surface area contributed by atoms with Crippen molar-refractivity contribution in [3.63, 3.8) is 0 Å². The second kappa shape index (κ2) is 12.6. The fourth-order valence-electron chi connectivity index (χ4n) is 5.41. The largest absolute Gasteiger partial charge is 0.508 e. The fraction of sp³-hybridized carbons (Fsp3) is 0.467.